The summed E-state index contributed by atoms with van der Waals surface area (Å²) >= 11 is 24.1. The summed E-state index contributed by atoms with van der Waals surface area (Å²) in [5.74, 6) is -2.08. The standard InChI is InChI=1S/C22H21Cl2N5O3.C20H16Cl2N4O4.3CH4/c1-2-25-21(30)13-7-14-11-32-27-19(14)20-15-10-28(6-5-18(15)26-29(20)9-13)22(31)12-3-4-16(23)17(24)8-12;21-14-2-1-10(6-15(14)22)19(27)25-4-3-16-13(8-25)18-17-12(9-30-24-17)5-11(20(28)29)7-26(18)23-16;;;/h3-4,8,11,13H,2,5-7,9-10H2,1H3,(H,25,30);1-2,6,9,11H,3-5,7-8H2,(H,28,29);3*1H4. The lowest BCUT2D eigenvalue weighted by Gasteiger charge is -2.27. The van der Waals surface area contributed by atoms with Crippen LogP contribution in [0.3, 0.4) is 0 Å². The molecule has 2 unspecified atom stereocenters. The molecule has 0 bridgehead atoms. The highest BCUT2D eigenvalue weighted by Gasteiger charge is 2.37. The first kappa shape index (κ1) is 48.8. The number of nitrogens with one attached hydrogen (secondary N) is 1. The minimum absolute atomic E-state index is 0. The summed E-state index contributed by atoms with van der Waals surface area (Å²) in [4.78, 5) is 54.0. The molecule has 8 heterocycles. The Balaban J connectivity index is 0.000000206. The molecule has 0 radical (unpaired) electrons. The van der Waals surface area contributed by atoms with Crippen molar-refractivity contribution in [3.05, 3.63) is 114 Å². The van der Waals surface area contributed by atoms with Crippen LogP contribution >= 0.6 is 46.4 Å². The van der Waals surface area contributed by atoms with Crippen molar-refractivity contribution < 1.29 is 33.3 Å². The van der Waals surface area contributed by atoms with Gasteiger partial charge in [-0.15, -0.1) is 0 Å². The summed E-state index contributed by atoms with van der Waals surface area (Å²) in [5.41, 5.74) is 8.96. The number of aromatic nitrogens is 6. The Hall–Kier alpha value is -5.68. The summed E-state index contributed by atoms with van der Waals surface area (Å²) in [7, 11) is 0. The first-order valence-corrected chi connectivity index (χ1v) is 21.4. The summed E-state index contributed by atoms with van der Waals surface area (Å²) < 4.78 is 14.0. The maximum absolute atomic E-state index is 13.1. The molecule has 10 rings (SSSR count). The Kier molecular flexibility index (Phi) is 14.9. The lowest BCUT2D eigenvalue weighted by molar-refractivity contribution is -0.142. The second-order valence-corrected chi connectivity index (χ2v) is 17.2. The number of rotatable bonds is 5. The number of aliphatic carboxylic acids is 1. The lowest BCUT2D eigenvalue weighted by Crippen LogP contribution is -2.36. The van der Waals surface area contributed by atoms with Crippen LogP contribution in [-0.2, 0) is 61.5 Å². The predicted molar refractivity (Wildman–Crippen MR) is 246 cm³/mol. The molecule has 4 aromatic heterocycles. The van der Waals surface area contributed by atoms with Crippen LogP contribution in [0.5, 0.6) is 0 Å². The number of hydrogen-bond acceptors (Lipinski definition) is 10. The van der Waals surface area contributed by atoms with E-state index >= 15 is 0 Å². The minimum Gasteiger partial charge on any atom is -0.481 e. The number of hydrogen-bond donors (Lipinski definition) is 2. The fourth-order valence-corrected chi connectivity index (χ4v) is 9.15. The average molecular weight is 970 g/mol. The molecule has 344 valence electrons. The summed E-state index contributed by atoms with van der Waals surface area (Å²) in [6, 6.07) is 9.71. The third-order valence-corrected chi connectivity index (χ3v) is 13.1. The van der Waals surface area contributed by atoms with Crippen molar-refractivity contribution >= 4 is 70.1 Å². The van der Waals surface area contributed by atoms with Crippen molar-refractivity contribution in [2.75, 3.05) is 19.6 Å². The van der Waals surface area contributed by atoms with E-state index in [1.54, 1.807) is 57.1 Å². The van der Waals surface area contributed by atoms with Crippen LogP contribution in [0, 0.1) is 11.8 Å². The third kappa shape index (κ3) is 9.26. The normalized spacial score (nSPS) is 16.6. The zero-order chi connectivity index (χ0) is 43.4. The Bertz CT molecular complexity index is 2780. The van der Waals surface area contributed by atoms with E-state index in [2.05, 4.69) is 20.7 Å². The second-order valence-electron chi connectivity index (χ2n) is 15.5. The van der Waals surface area contributed by atoms with Gasteiger partial charge < -0.3 is 29.3 Å². The van der Waals surface area contributed by atoms with Crippen molar-refractivity contribution in [1.29, 1.82) is 0 Å². The first-order chi connectivity index (χ1) is 29.9. The van der Waals surface area contributed by atoms with Gasteiger partial charge in [-0.25, -0.2) is 0 Å². The molecule has 0 saturated carbocycles. The Morgan fingerprint density at radius 1 is 0.692 bits per heavy atom. The number of halogens is 4. The molecular weight excluding hydrogens is 920 g/mol. The van der Waals surface area contributed by atoms with E-state index in [1.165, 1.54) is 6.26 Å². The van der Waals surface area contributed by atoms with E-state index in [0.29, 0.717) is 108 Å². The molecule has 6 aromatic rings. The average Bonchev–Trinajstić information content (AvgIpc) is 4.03. The van der Waals surface area contributed by atoms with Gasteiger partial charge in [-0.05, 0) is 56.2 Å². The number of nitrogens with zero attached hydrogens (tertiary/aromatic N) is 8. The van der Waals surface area contributed by atoms with Crippen LogP contribution in [0.1, 0.15) is 83.6 Å². The molecule has 4 aliphatic heterocycles. The topological polar surface area (TPSA) is 195 Å². The molecule has 20 heteroatoms. The first-order valence-electron chi connectivity index (χ1n) is 19.9. The maximum atomic E-state index is 13.1. The number of fused-ring (bicyclic) bond motifs is 10. The molecule has 2 atom stereocenters. The van der Waals surface area contributed by atoms with Gasteiger partial charge in [-0.3, -0.25) is 28.5 Å². The van der Waals surface area contributed by atoms with Crippen molar-refractivity contribution in [2.45, 2.75) is 81.1 Å². The monoisotopic (exact) mass is 967 g/mol. The predicted octanol–water partition coefficient (Wildman–Crippen LogP) is 8.56. The van der Waals surface area contributed by atoms with Crippen LogP contribution in [0.4, 0.5) is 0 Å². The highest BCUT2D eigenvalue weighted by atomic mass is 35.5. The van der Waals surface area contributed by atoms with E-state index in [-0.39, 0.29) is 52.5 Å². The number of carbonyl (C=O) groups excluding carboxylic acids is 3. The molecule has 0 saturated heterocycles. The molecule has 65 heavy (non-hydrogen) atoms. The second kappa shape index (κ2) is 19.8. The van der Waals surface area contributed by atoms with Gasteiger partial charge in [-0.2, -0.15) is 10.2 Å². The van der Waals surface area contributed by atoms with E-state index in [0.717, 1.165) is 45.0 Å². The van der Waals surface area contributed by atoms with Crippen molar-refractivity contribution in [2.24, 2.45) is 11.8 Å². The van der Waals surface area contributed by atoms with Gasteiger partial charge in [0, 0.05) is 65.9 Å². The number of carboxylic acids is 1. The number of carboxylic acid groups (broad SMARTS) is 1. The van der Waals surface area contributed by atoms with Gasteiger partial charge in [0.2, 0.25) is 5.91 Å². The molecular formula is C45H49Cl4N9O7. The zero-order valence-electron chi connectivity index (χ0n) is 33.0. The molecule has 0 fully saturated rings. The van der Waals surface area contributed by atoms with Gasteiger partial charge in [0.1, 0.15) is 23.9 Å². The summed E-state index contributed by atoms with van der Waals surface area (Å²) in [5, 5.41) is 31.7. The van der Waals surface area contributed by atoms with Gasteiger partial charge >= 0.3 is 5.97 Å². The van der Waals surface area contributed by atoms with Gasteiger partial charge in [0.25, 0.3) is 11.8 Å². The number of carbonyl (C=O) groups is 4. The summed E-state index contributed by atoms with van der Waals surface area (Å²) in [6.45, 7) is 4.93. The quantitative estimate of drug-likeness (QED) is 0.168. The van der Waals surface area contributed by atoms with Crippen LogP contribution in [0.15, 0.2) is 58.0 Å². The van der Waals surface area contributed by atoms with Crippen molar-refractivity contribution in [3.8, 4) is 22.8 Å². The third-order valence-electron chi connectivity index (χ3n) is 11.6. The van der Waals surface area contributed by atoms with Crippen LogP contribution in [0.2, 0.25) is 20.1 Å². The van der Waals surface area contributed by atoms with Gasteiger partial charge in [0.15, 0.2) is 0 Å². The lowest BCUT2D eigenvalue weighted by atomic mass is 9.98. The van der Waals surface area contributed by atoms with Crippen LogP contribution in [-0.4, -0.2) is 88.1 Å². The Labute approximate surface area is 395 Å². The van der Waals surface area contributed by atoms with E-state index in [1.807, 2.05) is 11.6 Å². The molecule has 0 aliphatic carbocycles. The largest absolute Gasteiger partial charge is 0.481 e. The molecule has 2 aromatic carbocycles. The smallest absolute Gasteiger partial charge is 0.308 e. The maximum Gasteiger partial charge on any atom is 0.308 e. The van der Waals surface area contributed by atoms with Gasteiger partial charge in [0.05, 0.1) is 80.9 Å². The Morgan fingerprint density at radius 2 is 1.14 bits per heavy atom. The molecule has 4 aliphatic rings. The van der Waals surface area contributed by atoms with Crippen molar-refractivity contribution in [3.63, 3.8) is 0 Å². The van der Waals surface area contributed by atoms with Crippen LogP contribution < -0.4 is 5.32 Å². The van der Waals surface area contributed by atoms with E-state index in [9.17, 15) is 24.3 Å². The van der Waals surface area contributed by atoms with Crippen LogP contribution in [0.25, 0.3) is 22.8 Å². The van der Waals surface area contributed by atoms with Crippen molar-refractivity contribution in [1.82, 2.24) is 45.0 Å². The highest BCUT2D eigenvalue weighted by Crippen LogP contribution is 2.38. The zero-order valence-corrected chi connectivity index (χ0v) is 36.1. The molecule has 3 amide bonds. The SMILES string of the molecule is C.C.C.CCNC(=O)C1Cc2conc2-c2c3c(nn2C1)CCN(C(=O)c1ccc(Cl)c(Cl)c1)C3.O=C(O)C1Cc2conc2-c2c3c(nn2C1)CCN(C(=O)c1ccc(Cl)c(Cl)c1)C3. The van der Waals surface area contributed by atoms with E-state index in [4.69, 9.17) is 60.5 Å². The fourth-order valence-electron chi connectivity index (χ4n) is 8.55. The van der Waals surface area contributed by atoms with E-state index < -0.39 is 11.9 Å². The Morgan fingerprint density at radius 3 is 1.57 bits per heavy atom. The summed E-state index contributed by atoms with van der Waals surface area (Å²) in [6.07, 6.45) is 5.10. The molecule has 2 N–H and O–H groups in total. The molecule has 16 nitrogen and oxygen atoms in total. The number of benzene rings is 2. The highest BCUT2D eigenvalue weighted by molar-refractivity contribution is 6.42. The number of amides is 3. The fraction of sp³-hybridized carbons (Fsp3) is 0.378. The molecule has 0 spiro atoms. The minimum atomic E-state index is -0.889. The van der Waals surface area contributed by atoms with Gasteiger partial charge in [-0.1, -0.05) is 79.0 Å².